The van der Waals surface area contributed by atoms with E-state index in [0.29, 0.717) is 33.5 Å². The molecule has 0 radical (unpaired) electrons. The Balaban J connectivity index is 1.29. The number of carbonyl (C=O) groups excluding carboxylic acids is 5. The molecule has 4 atom stereocenters. The number of nitrogens with one attached hydrogen (secondary N) is 3. The number of ketones is 1. The number of nitrogens with zero attached hydrogens (tertiary/aromatic N) is 6. The molecule has 16 heteroatoms. The molecule has 270 valence electrons. The summed E-state index contributed by atoms with van der Waals surface area (Å²) >= 11 is 3.33. The quantitative estimate of drug-likeness (QED) is 0.103. The molecule has 4 amide bonds. The monoisotopic (exact) mass is 771 g/mol. The van der Waals surface area contributed by atoms with Gasteiger partial charge in [0.2, 0.25) is 23.6 Å². The fourth-order valence-electron chi connectivity index (χ4n) is 6.87. The fourth-order valence-corrected chi connectivity index (χ4v) is 7.18. The largest absolute Gasteiger partial charge is 0.493 e. The predicted molar refractivity (Wildman–Crippen MR) is 194 cm³/mol. The summed E-state index contributed by atoms with van der Waals surface area (Å²) in [5.74, 6) is -0.726. The lowest BCUT2D eigenvalue weighted by Gasteiger charge is -2.27. The van der Waals surface area contributed by atoms with Crippen molar-refractivity contribution >= 4 is 62.1 Å². The number of carbonyl (C=O) groups is 5. The fraction of sp³-hybridized carbons (Fsp3) is 0.361. The third-order valence-corrected chi connectivity index (χ3v) is 9.93. The van der Waals surface area contributed by atoms with Crippen molar-refractivity contribution in [2.75, 3.05) is 19.0 Å². The van der Waals surface area contributed by atoms with Crippen LogP contribution in [0, 0.1) is 12.3 Å². The molecule has 0 spiro atoms. The lowest BCUT2D eigenvalue weighted by molar-refractivity contribution is -0.138. The van der Waals surface area contributed by atoms with Gasteiger partial charge >= 0.3 is 0 Å². The number of ether oxygens (including phenoxy) is 1. The first-order valence-electron chi connectivity index (χ1n) is 16.6. The van der Waals surface area contributed by atoms with E-state index in [-0.39, 0.29) is 67.0 Å². The SMILES string of the molecule is C=CC[C@H](NC(C)=O)C(=O)NC[C@@]12C[C@@H](C(=O)Nc3nc(Br)ccc3OC)N(C(=O)Cn3nc(C(C)=O)c4cc(-c5cnc(C)nc5)ccc43)[C@@H]1C2. The lowest BCUT2D eigenvalue weighted by Crippen LogP contribution is -2.47. The van der Waals surface area contributed by atoms with E-state index in [1.165, 1.54) is 25.6 Å². The van der Waals surface area contributed by atoms with Crippen molar-refractivity contribution in [2.45, 2.75) is 64.7 Å². The topological polar surface area (TPSA) is 190 Å². The Morgan fingerprint density at radius 1 is 1.10 bits per heavy atom. The summed E-state index contributed by atoms with van der Waals surface area (Å²) in [6.45, 7) is 8.15. The van der Waals surface area contributed by atoms with Crippen molar-refractivity contribution in [2.24, 2.45) is 5.41 Å². The molecule has 1 saturated heterocycles. The summed E-state index contributed by atoms with van der Waals surface area (Å²) in [5, 5.41) is 13.5. The maximum atomic E-state index is 14.3. The van der Waals surface area contributed by atoms with Crippen LogP contribution in [0.25, 0.3) is 22.0 Å². The van der Waals surface area contributed by atoms with Crippen LogP contribution >= 0.6 is 15.9 Å². The molecule has 0 unspecified atom stereocenters. The first kappa shape index (κ1) is 36.3. The second-order valence-corrected chi connectivity index (χ2v) is 13.9. The Hall–Kier alpha value is -5.51. The predicted octanol–water partition coefficient (Wildman–Crippen LogP) is 3.37. The number of halogens is 1. The van der Waals surface area contributed by atoms with E-state index in [4.69, 9.17) is 4.74 Å². The second kappa shape index (κ2) is 14.6. The minimum atomic E-state index is -0.921. The summed E-state index contributed by atoms with van der Waals surface area (Å²) in [6.07, 6.45) is 6.00. The zero-order valence-corrected chi connectivity index (χ0v) is 30.7. The summed E-state index contributed by atoms with van der Waals surface area (Å²) in [4.78, 5) is 80.3. The van der Waals surface area contributed by atoms with Gasteiger partial charge < -0.3 is 25.6 Å². The van der Waals surface area contributed by atoms with Gasteiger partial charge in [-0.3, -0.25) is 28.7 Å². The zero-order chi connectivity index (χ0) is 37.3. The molecule has 0 bridgehead atoms. The lowest BCUT2D eigenvalue weighted by atomic mass is 9.98. The zero-order valence-electron chi connectivity index (χ0n) is 29.1. The van der Waals surface area contributed by atoms with Crippen molar-refractivity contribution in [1.82, 2.24) is 40.3 Å². The highest BCUT2D eigenvalue weighted by molar-refractivity contribution is 9.10. The molecule has 2 aliphatic rings. The molecule has 3 aromatic heterocycles. The number of anilines is 1. The van der Waals surface area contributed by atoms with Crippen LogP contribution in [-0.4, -0.2) is 90.8 Å². The van der Waals surface area contributed by atoms with Gasteiger partial charge in [-0.05, 0) is 71.9 Å². The number of fused-ring (bicyclic) bond motifs is 2. The summed E-state index contributed by atoms with van der Waals surface area (Å²) in [5.41, 5.74) is 1.74. The number of amides is 4. The molecule has 1 aliphatic heterocycles. The normalized spacial score (nSPS) is 19.4. The number of hydrogen-bond acceptors (Lipinski definition) is 10. The van der Waals surface area contributed by atoms with Crippen LogP contribution in [-0.2, 0) is 25.7 Å². The smallest absolute Gasteiger partial charge is 0.248 e. The Labute approximate surface area is 307 Å². The van der Waals surface area contributed by atoms with Crippen molar-refractivity contribution in [3.05, 3.63) is 71.5 Å². The van der Waals surface area contributed by atoms with Crippen molar-refractivity contribution in [3.8, 4) is 16.9 Å². The van der Waals surface area contributed by atoms with E-state index in [1.54, 1.807) is 48.5 Å². The van der Waals surface area contributed by atoms with E-state index in [1.807, 2.05) is 12.1 Å². The van der Waals surface area contributed by atoms with Gasteiger partial charge in [-0.1, -0.05) is 12.1 Å². The van der Waals surface area contributed by atoms with Gasteiger partial charge in [-0.15, -0.1) is 6.58 Å². The highest BCUT2D eigenvalue weighted by Gasteiger charge is 2.67. The van der Waals surface area contributed by atoms with Crippen molar-refractivity contribution in [1.29, 1.82) is 0 Å². The van der Waals surface area contributed by atoms with Gasteiger partial charge in [-0.2, -0.15) is 5.10 Å². The van der Waals surface area contributed by atoms with Crippen molar-refractivity contribution in [3.63, 3.8) is 0 Å². The number of methoxy groups -OCH3 is 1. The van der Waals surface area contributed by atoms with E-state index in [9.17, 15) is 24.0 Å². The Morgan fingerprint density at radius 3 is 2.52 bits per heavy atom. The van der Waals surface area contributed by atoms with E-state index in [2.05, 4.69) is 58.5 Å². The van der Waals surface area contributed by atoms with Gasteiger partial charge in [0.1, 0.15) is 34.7 Å². The summed E-state index contributed by atoms with van der Waals surface area (Å²) in [7, 11) is 1.46. The van der Waals surface area contributed by atoms with E-state index in [0.717, 1.165) is 11.1 Å². The van der Waals surface area contributed by atoms with Gasteiger partial charge in [0, 0.05) is 55.2 Å². The van der Waals surface area contributed by atoms with Crippen LogP contribution in [0.3, 0.4) is 0 Å². The number of aromatic nitrogens is 5. The minimum Gasteiger partial charge on any atom is -0.493 e. The van der Waals surface area contributed by atoms with Gasteiger partial charge in [0.05, 0.1) is 12.6 Å². The van der Waals surface area contributed by atoms with Crippen molar-refractivity contribution < 1.29 is 28.7 Å². The molecule has 4 aromatic rings. The molecule has 15 nitrogen and oxygen atoms in total. The molecule has 1 aliphatic carbocycles. The average molecular weight is 773 g/mol. The molecule has 3 N–H and O–H groups in total. The van der Waals surface area contributed by atoms with Crippen LogP contribution in [0.5, 0.6) is 5.75 Å². The number of Topliss-reactive ketones (excluding diaryl/α,β-unsaturated/α-hetero) is 1. The minimum absolute atomic E-state index is 0.179. The molecule has 1 aromatic carbocycles. The Morgan fingerprint density at radius 2 is 1.85 bits per heavy atom. The van der Waals surface area contributed by atoms with Crippen LogP contribution in [0.4, 0.5) is 5.82 Å². The van der Waals surface area contributed by atoms with Gasteiger partial charge in [0.25, 0.3) is 0 Å². The number of likely N-dealkylation sites (tertiary alicyclic amines) is 1. The summed E-state index contributed by atoms with van der Waals surface area (Å²) in [6, 6.07) is 6.71. The molecule has 4 heterocycles. The number of aryl methyl sites for hydroxylation is 1. The standard InChI is InChI=1S/C36H38BrN9O6/c1-6-7-25(41-21(4)48)34(50)40-18-36-13-27(35(51)43-33-28(52-5)10-11-30(37)42-33)46(29(36)14-36)31(49)17-45-26-9-8-22(23-15-38-20(3)39-16-23)12-24(26)32(44-45)19(2)47/h6,8-12,15-16,25,27,29H,1,7,13-14,17-18H2,2-5H3,(H,40,50)(H,41,48)(H,42,43,51)/t25-,27-,29+,36-/m0/s1. The van der Waals surface area contributed by atoms with Gasteiger partial charge in [0.15, 0.2) is 17.4 Å². The Bertz CT molecular complexity index is 2100. The van der Waals surface area contributed by atoms with E-state index >= 15 is 0 Å². The third kappa shape index (κ3) is 7.28. The number of pyridine rings is 1. The molecule has 6 rings (SSSR count). The average Bonchev–Trinajstić information content (AvgIpc) is 3.53. The van der Waals surface area contributed by atoms with Crippen LogP contribution in [0.1, 0.15) is 49.4 Å². The molecule has 52 heavy (non-hydrogen) atoms. The molecule has 1 saturated carbocycles. The maximum Gasteiger partial charge on any atom is 0.248 e. The number of piperidine rings is 1. The maximum absolute atomic E-state index is 14.3. The molecular weight excluding hydrogens is 734 g/mol. The molecular formula is C36H38BrN9O6. The first-order chi connectivity index (χ1) is 24.8. The number of benzene rings is 1. The van der Waals surface area contributed by atoms with Crippen LogP contribution < -0.4 is 20.7 Å². The number of hydrogen-bond donors (Lipinski definition) is 3. The van der Waals surface area contributed by atoms with Gasteiger partial charge in [-0.25, -0.2) is 15.0 Å². The first-order valence-corrected chi connectivity index (χ1v) is 17.4. The Kier molecular flexibility index (Phi) is 10.2. The highest BCUT2D eigenvalue weighted by Crippen LogP contribution is 2.59. The molecule has 2 fully saturated rings. The van der Waals surface area contributed by atoms with Crippen LogP contribution in [0.2, 0.25) is 0 Å². The second-order valence-electron chi connectivity index (χ2n) is 13.1. The van der Waals surface area contributed by atoms with Crippen LogP contribution in [0.15, 0.2) is 60.0 Å². The van der Waals surface area contributed by atoms with E-state index < -0.39 is 23.4 Å². The third-order valence-electron chi connectivity index (χ3n) is 9.49. The highest BCUT2D eigenvalue weighted by atomic mass is 79.9. The summed E-state index contributed by atoms with van der Waals surface area (Å²) < 4.78 is 7.35. The number of rotatable bonds is 13.